The molecule has 1 N–H and O–H groups in total. The molecule has 150 valence electrons. The molecule has 0 atom stereocenters. The lowest BCUT2D eigenvalue weighted by atomic mass is 10.1. The van der Waals surface area contributed by atoms with E-state index in [0.717, 1.165) is 45.6 Å². The molecule has 1 fully saturated rings. The SMILES string of the molecule is O=C(CCCc1c[nH]c2ccccc12)N1CCN(CC=Cc2ccccc2)CC1. The lowest BCUT2D eigenvalue weighted by Crippen LogP contribution is -2.48. The number of aromatic amines is 1. The maximum absolute atomic E-state index is 12.6. The van der Waals surface area contributed by atoms with Crippen molar-refractivity contribution < 1.29 is 4.79 Å². The van der Waals surface area contributed by atoms with Crippen molar-refractivity contribution in [2.24, 2.45) is 0 Å². The minimum Gasteiger partial charge on any atom is -0.361 e. The predicted molar refractivity (Wildman–Crippen MR) is 120 cm³/mol. The van der Waals surface area contributed by atoms with Gasteiger partial charge in [-0.2, -0.15) is 0 Å². The Hall–Kier alpha value is -2.85. The summed E-state index contributed by atoms with van der Waals surface area (Å²) in [6, 6.07) is 18.7. The highest BCUT2D eigenvalue weighted by molar-refractivity contribution is 5.83. The summed E-state index contributed by atoms with van der Waals surface area (Å²) in [4.78, 5) is 20.3. The molecule has 0 radical (unpaired) electrons. The van der Waals surface area contributed by atoms with Gasteiger partial charge < -0.3 is 9.88 Å². The summed E-state index contributed by atoms with van der Waals surface area (Å²) in [5.74, 6) is 0.296. The molecule has 1 aliphatic rings. The highest BCUT2D eigenvalue weighted by Crippen LogP contribution is 2.19. The van der Waals surface area contributed by atoms with Crippen LogP contribution in [-0.2, 0) is 11.2 Å². The van der Waals surface area contributed by atoms with Crippen molar-refractivity contribution in [2.45, 2.75) is 19.3 Å². The molecule has 1 amide bonds. The second kappa shape index (κ2) is 9.57. The van der Waals surface area contributed by atoms with E-state index in [1.54, 1.807) is 0 Å². The second-order valence-corrected chi connectivity index (χ2v) is 7.71. The third-order valence-corrected chi connectivity index (χ3v) is 5.71. The average molecular weight is 388 g/mol. The Labute approximate surface area is 172 Å². The molecule has 2 heterocycles. The molecule has 2 aromatic carbocycles. The predicted octanol–water partition coefficient (Wildman–Crippen LogP) is 4.35. The topological polar surface area (TPSA) is 39.3 Å². The third-order valence-electron chi connectivity index (χ3n) is 5.71. The number of rotatable bonds is 7. The van der Waals surface area contributed by atoms with Gasteiger partial charge in [0.2, 0.25) is 5.91 Å². The Morgan fingerprint density at radius 3 is 2.55 bits per heavy atom. The van der Waals surface area contributed by atoms with Gasteiger partial charge in [0.15, 0.2) is 0 Å². The van der Waals surface area contributed by atoms with Crippen LogP contribution in [0, 0.1) is 0 Å². The summed E-state index contributed by atoms with van der Waals surface area (Å²) in [7, 11) is 0. The van der Waals surface area contributed by atoms with Crippen molar-refractivity contribution in [3.63, 3.8) is 0 Å². The number of aryl methyl sites for hydroxylation is 1. The summed E-state index contributed by atoms with van der Waals surface area (Å²) in [5, 5.41) is 1.28. The Kier molecular flexibility index (Phi) is 6.42. The normalized spacial score (nSPS) is 15.4. The zero-order valence-corrected chi connectivity index (χ0v) is 16.9. The number of hydrogen-bond donors (Lipinski definition) is 1. The number of benzene rings is 2. The number of piperazine rings is 1. The first kappa shape index (κ1) is 19.5. The van der Waals surface area contributed by atoms with E-state index in [0.29, 0.717) is 12.3 Å². The fraction of sp³-hybridized carbons (Fsp3) is 0.320. The van der Waals surface area contributed by atoms with E-state index in [1.165, 1.54) is 22.0 Å². The van der Waals surface area contributed by atoms with Crippen LogP contribution >= 0.6 is 0 Å². The van der Waals surface area contributed by atoms with Gasteiger partial charge in [-0.25, -0.2) is 0 Å². The standard InChI is InChI=1S/C25H29N3O/c29-25(14-6-11-22-20-26-24-13-5-4-12-23(22)24)28-18-16-27(17-19-28)15-7-10-21-8-2-1-3-9-21/h1-5,7-10,12-13,20,26H,6,11,14-19H2. The van der Waals surface area contributed by atoms with Gasteiger partial charge in [0.05, 0.1) is 0 Å². The maximum Gasteiger partial charge on any atom is 0.222 e. The van der Waals surface area contributed by atoms with Gasteiger partial charge in [0, 0.05) is 56.2 Å². The van der Waals surface area contributed by atoms with Crippen LogP contribution in [0.1, 0.15) is 24.0 Å². The molecule has 1 aliphatic heterocycles. The van der Waals surface area contributed by atoms with Gasteiger partial charge in [-0.15, -0.1) is 0 Å². The van der Waals surface area contributed by atoms with E-state index in [9.17, 15) is 4.79 Å². The summed E-state index contributed by atoms with van der Waals surface area (Å²) in [5.41, 5.74) is 3.71. The summed E-state index contributed by atoms with van der Waals surface area (Å²) < 4.78 is 0. The van der Waals surface area contributed by atoms with E-state index in [4.69, 9.17) is 0 Å². The van der Waals surface area contributed by atoms with Crippen molar-refractivity contribution in [1.82, 2.24) is 14.8 Å². The van der Waals surface area contributed by atoms with E-state index in [1.807, 2.05) is 17.0 Å². The van der Waals surface area contributed by atoms with Crippen LogP contribution in [-0.4, -0.2) is 53.4 Å². The van der Waals surface area contributed by atoms with Gasteiger partial charge >= 0.3 is 0 Å². The number of carbonyl (C=O) groups excluding carboxylic acids is 1. The van der Waals surface area contributed by atoms with Crippen molar-refractivity contribution >= 4 is 22.9 Å². The summed E-state index contributed by atoms with van der Waals surface area (Å²) >= 11 is 0. The summed E-state index contributed by atoms with van der Waals surface area (Å²) in [6.07, 6.45) is 8.95. The fourth-order valence-corrected chi connectivity index (χ4v) is 4.01. The highest BCUT2D eigenvalue weighted by atomic mass is 16.2. The number of H-pyrrole nitrogens is 1. The number of nitrogens with zero attached hydrogens (tertiary/aromatic N) is 2. The van der Waals surface area contributed by atoms with Gasteiger partial charge in [0.1, 0.15) is 0 Å². The van der Waals surface area contributed by atoms with Gasteiger partial charge in [-0.3, -0.25) is 9.69 Å². The Balaban J connectivity index is 1.18. The maximum atomic E-state index is 12.6. The molecular weight excluding hydrogens is 358 g/mol. The summed E-state index contributed by atoms with van der Waals surface area (Å²) in [6.45, 7) is 4.52. The zero-order valence-electron chi connectivity index (χ0n) is 16.9. The molecule has 0 bridgehead atoms. The first-order valence-corrected chi connectivity index (χ1v) is 10.6. The van der Waals surface area contributed by atoms with Crippen molar-refractivity contribution in [1.29, 1.82) is 0 Å². The molecular formula is C25H29N3O. The lowest BCUT2D eigenvalue weighted by Gasteiger charge is -2.34. The number of para-hydroxylation sites is 1. The van der Waals surface area contributed by atoms with Crippen LogP contribution in [0.4, 0.5) is 0 Å². The van der Waals surface area contributed by atoms with Crippen LogP contribution in [0.25, 0.3) is 17.0 Å². The molecule has 4 heteroatoms. The average Bonchev–Trinajstić information content (AvgIpc) is 3.18. The van der Waals surface area contributed by atoms with Gasteiger partial charge in [-0.05, 0) is 30.0 Å². The number of carbonyl (C=O) groups is 1. The van der Waals surface area contributed by atoms with E-state index in [-0.39, 0.29) is 0 Å². The Bertz CT molecular complexity index is 952. The van der Waals surface area contributed by atoms with Crippen LogP contribution in [0.15, 0.2) is 66.9 Å². The lowest BCUT2D eigenvalue weighted by molar-refractivity contribution is -0.132. The van der Waals surface area contributed by atoms with Crippen LogP contribution in [0.2, 0.25) is 0 Å². The smallest absolute Gasteiger partial charge is 0.222 e. The third kappa shape index (κ3) is 5.15. The van der Waals surface area contributed by atoms with Gasteiger partial charge in [-0.1, -0.05) is 60.7 Å². The molecule has 0 spiro atoms. The van der Waals surface area contributed by atoms with Crippen LogP contribution in [0.3, 0.4) is 0 Å². The van der Waals surface area contributed by atoms with Crippen molar-refractivity contribution in [3.8, 4) is 0 Å². The molecule has 29 heavy (non-hydrogen) atoms. The largest absolute Gasteiger partial charge is 0.361 e. The van der Waals surface area contributed by atoms with Crippen LogP contribution < -0.4 is 0 Å². The molecule has 3 aromatic rings. The second-order valence-electron chi connectivity index (χ2n) is 7.71. The van der Waals surface area contributed by atoms with Gasteiger partial charge in [0.25, 0.3) is 0 Å². The zero-order chi connectivity index (χ0) is 19.9. The van der Waals surface area contributed by atoms with E-state index < -0.39 is 0 Å². The molecule has 4 nitrogen and oxygen atoms in total. The molecule has 4 rings (SSSR count). The number of amides is 1. The van der Waals surface area contributed by atoms with E-state index in [2.05, 4.69) is 70.7 Å². The molecule has 1 saturated heterocycles. The molecule has 0 saturated carbocycles. The molecule has 0 unspecified atom stereocenters. The number of nitrogens with one attached hydrogen (secondary N) is 1. The Morgan fingerprint density at radius 1 is 0.966 bits per heavy atom. The highest BCUT2D eigenvalue weighted by Gasteiger charge is 2.20. The van der Waals surface area contributed by atoms with E-state index >= 15 is 0 Å². The van der Waals surface area contributed by atoms with Crippen molar-refractivity contribution in [3.05, 3.63) is 78.0 Å². The molecule has 1 aromatic heterocycles. The minimum absolute atomic E-state index is 0.296. The fourth-order valence-electron chi connectivity index (χ4n) is 4.01. The number of hydrogen-bond acceptors (Lipinski definition) is 2. The monoisotopic (exact) mass is 387 g/mol. The molecule has 0 aliphatic carbocycles. The minimum atomic E-state index is 0.296. The number of fused-ring (bicyclic) bond motifs is 1. The Morgan fingerprint density at radius 2 is 1.72 bits per heavy atom. The quantitative estimate of drug-likeness (QED) is 0.655. The number of aromatic nitrogens is 1. The van der Waals surface area contributed by atoms with Crippen molar-refractivity contribution in [2.75, 3.05) is 32.7 Å². The van der Waals surface area contributed by atoms with Crippen LogP contribution in [0.5, 0.6) is 0 Å². The first-order valence-electron chi connectivity index (χ1n) is 10.6. The first-order chi connectivity index (χ1) is 14.3.